The van der Waals surface area contributed by atoms with Gasteiger partial charge in [0.2, 0.25) is 35.3 Å². The fourth-order valence-electron chi connectivity index (χ4n) is 7.04. The Morgan fingerprint density at radius 2 is 0.838 bits per heavy atom. The van der Waals surface area contributed by atoms with Crippen LogP contribution in [0.25, 0.3) is 0 Å². The fourth-order valence-corrected chi connectivity index (χ4v) is 10.0. The third kappa shape index (κ3) is 15.9. The van der Waals surface area contributed by atoms with Gasteiger partial charge in [0, 0.05) is 50.8 Å². The van der Waals surface area contributed by atoms with Crippen LogP contribution in [0, 0.1) is 23.7 Å². The molecule has 0 radical (unpaired) electrons. The molecular weight excluding hydrogens is 1050 g/mol. The number of nitrogens with zero attached hydrogens (tertiary/aromatic N) is 10. The first-order chi connectivity index (χ1) is 35.2. The van der Waals surface area contributed by atoms with Crippen LogP contribution in [0.2, 0.25) is 10.0 Å². The number of amidine groups is 2. The maximum Gasteiger partial charge on any atom is 0.246 e. The van der Waals surface area contributed by atoms with Gasteiger partial charge in [0.1, 0.15) is 48.0 Å². The molecule has 0 saturated heterocycles. The van der Waals surface area contributed by atoms with E-state index in [-0.39, 0.29) is 81.9 Å². The van der Waals surface area contributed by atoms with E-state index in [4.69, 9.17) is 51.6 Å². The van der Waals surface area contributed by atoms with E-state index in [1.54, 1.807) is 0 Å². The molecule has 74 heavy (non-hydrogen) atoms. The summed E-state index contributed by atoms with van der Waals surface area (Å²) in [4.78, 5) is 66.3. The van der Waals surface area contributed by atoms with Crippen LogP contribution in [0.1, 0.15) is 77.2 Å². The number of nitrogens with one attached hydrogen (secondary N) is 4. The molecule has 4 aromatic heterocycles. The second kappa shape index (κ2) is 26.8. The van der Waals surface area contributed by atoms with Crippen LogP contribution in [0.3, 0.4) is 0 Å². The minimum Gasteiger partial charge on any atom is -0.479 e. The SMILES string of the molecule is COc1ncnc(OC)c1N=C(CS(=O)(=O)[C@@H](C)[C@H](OC)c1ncc(Cl)cn1)NNC(=O)[C@H](C)C1CC1.COc1ncnc(OC)c1N=C(CS(=O)(=O)[C@@H](C)[C@H](OC)c1ncc(Cl)cn1)NNC(=O)[C@H](C)C1CC1. The van der Waals surface area contributed by atoms with E-state index in [0.717, 1.165) is 25.7 Å². The van der Waals surface area contributed by atoms with E-state index in [1.165, 1.54) is 93.9 Å². The molecule has 0 aliphatic heterocycles. The molecule has 0 aromatic carbocycles. The van der Waals surface area contributed by atoms with Gasteiger partial charge in [-0.15, -0.1) is 0 Å². The number of hydrogen-bond donors (Lipinski definition) is 4. The number of halogens is 2. The summed E-state index contributed by atoms with van der Waals surface area (Å²) < 4.78 is 85.8. The van der Waals surface area contributed by atoms with Gasteiger partial charge in [-0.25, -0.2) is 46.8 Å². The standard InChI is InChI=1S/2C22H30ClN7O6S/c2*1-12(14-6-7-14)20(31)30-29-16(28-17-21(35-4)26-11-27-22(17)36-5)10-37(32,33)13(2)18(34-3)19-24-8-15(23)9-25-19/h2*8-9,11-14,18H,6-7,10H2,1-5H3,(H,28,29)(H,30,31)/t2*12-,13+,18+/m11/s1. The van der Waals surface area contributed by atoms with Gasteiger partial charge in [0.05, 0.1) is 49.0 Å². The topological polar surface area (TPSA) is 334 Å². The first-order valence-electron chi connectivity index (χ1n) is 22.8. The number of rotatable bonds is 22. The predicted molar refractivity (Wildman–Crippen MR) is 271 cm³/mol. The maximum absolute atomic E-state index is 13.5. The summed E-state index contributed by atoms with van der Waals surface area (Å²) in [6.45, 7) is 6.58. The fraction of sp³-hybridized carbons (Fsp3) is 0.545. The van der Waals surface area contributed by atoms with Gasteiger partial charge in [-0.3, -0.25) is 31.3 Å². The Kier molecular flexibility index (Phi) is 21.3. The highest BCUT2D eigenvalue weighted by molar-refractivity contribution is 7.93. The lowest BCUT2D eigenvalue weighted by molar-refractivity contribution is -0.126. The lowest BCUT2D eigenvalue weighted by Crippen LogP contribution is -2.47. The van der Waals surface area contributed by atoms with Crippen molar-refractivity contribution in [2.45, 2.75) is 76.1 Å². The number of methoxy groups -OCH3 is 6. The largest absolute Gasteiger partial charge is 0.479 e. The Morgan fingerprint density at radius 3 is 1.09 bits per heavy atom. The molecule has 6 rings (SSSR count). The van der Waals surface area contributed by atoms with Crippen molar-refractivity contribution in [2.24, 2.45) is 33.7 Å². The van der Waals surface area contributed by atoms with Gasteiger partial charge in [0.25, 0.3) is 0 Å². The van der Waals surface area contributed by atoms with Crippen molar-refractivity contribution in [2.75, 3.05) is 54.2 Å². The molecule has 2 fully saturated rings. The van der Waals surface area contributed by atoms with Crippen LogP contribution in [0.15, 0.2) is 47.4 Å². The molecule has 2 aliphatic rings. The number of hydrazine groups is 2. The van der Waals surface area contributed by atoms with Gasteiger partial charge in [-0.05, 0) is 51.4 Å². The minimum atomic E-state index is -3.97. The zero-order valence-corrected chi connectivity index (χ0v) is 45.4. The van der Waals surface area contributed by atoms with Crippen LogP contribution in [0.5, 0.6) is 23.5 Å². The van der Waals surface area contributed by atoms with Crippen molar-refractivity contribution >= 4 is 77.7 Å². The van der Waals surface area contributed by atoms with Crippen LogP contribution in [-0.2, 0) is 38.7 Å². The highest BCUT2D eigenvalue weighted by Gasteiger charge is 2.37. The molecule has 4 heterocycles. The van der Waals surface area contributed by atoms with E-state index < -0.39 is 53.9 Å². The molecule has 4 N–H and O–H groups in total. The first-order valence-corrected chi connectivity index (χ1v) is 27.0. The minimum absolute atomic E-state index is 0.0478. The molecular formula is C44H60Cl2N14O12S2. The number of hydrogen-bond acceptors (Lipinski definition) is 22. The van der Waals surface area contributed by atoms with Crippen molar-refractivity contribution in [3.8, 4) is 23.5 Å². The second-order valence-corrected chi connectivity index (χ2v) is 22.5. The molecule has 0 bridgehead atoms. The third-order valence-electron chi connectivity index (χ3n) is 11.9. The van der Waals surface area contributed by atoms with Crippen LogP contribution < -0.4 is 40.7 Å². The van der Waals surface area contributed by atoms with E-state index in [0.29, 0.717) is 21.9 Å². The third-order valence-corrected chi connectivity index (χ3v) is 16.4. The number of aliphatic imine (C=N–C) groups is 2. The summed E-state index contributed by atoms with van der Waals surface area (Å²) >= 11 is 11.7. The Morgan fingerprint density at radius 1 is 0.541 bits per heavy atom. The molecule has 26 nitrogen and oxygen atoms in total. The molecule has 2 aliphatic carbocycles. The quantitative estimate of drug-likeness (QED) is 0.0496. The normalized spacial score (nSPS) is 16.4. The zero-order valence-electron chi connectivity index (χ0n) is 42.3. The number of carbonyl (C=O) groups excluding carboxylic acids is 2. The van der Waals surface area contributed by atoms with Gasteiger partial charge >= 0.3 is 0 Å². The summed E-state index contributed by atoms with van der Waals surface area (Å²) in [5.74, 6) is -1.37. The summed E-state index contributed by atoms with van der Waals surface area (Å²) in [5, 5.41) is -1.58. The Hall–Kier alpha value is -6.20. The van der Waals surface area contributed by atoms with E-state index in [9.17, 15) is 26.4 Å². The lowest BCUT2D eigenvalue weighted by Gasteiger charge is -2.22. The Labute approximate surface area is 438 Å². The van der Waals surface area contributed by atoms with Gasteiger partial charge in [-0.1, -0.05) is 37.0 Å². The van der Waals surface area contributed by atoms with E-state index >= 15 is 0 Å². The second-order valence-electron chi connectivity index (χ2n) is 16.9. The average molecular weight is 1110 g/mol. The number of ether oxygens (including phenoxy) is 6. The summed E-state index contributed by atoms with van der Waals surface area (Å²) in [6, 6.07) is 0. The summed E-state index contributed by atoms with van der Waals surface area (Å²) in [7, 11) is 0.293. The maximum atomic E-state index is 13.5. The Bertz CT molecular complexity index is 2600. The lowest BCUT2D eigenvalue weighted by atomic mass is 10.1. The van der Waals surface area contributed by atoms with Crippen molar-refractivity contribution in [3.63, 3.8) is 0 Å². The summed E-state index contributed by atoms with van der Waals surface area (Å²) in [6.07, 6.45) is 9.78. The molecule has 2 saturated carbocycles. The molecule has 2 amide bonds. The monoisotopic (exact) mass is 1110 g/mol. The Balaban J connectivity index is 0.000000274. The van der Waals surface area contributed by atoms with Gasteiger partial charge in [-0.2, -0.15) is 19.9 Å². The van der Waals surface area contributed by atoms with Gasteiger partial charge in [0.15, 0.2) is 42.7 Å². The van der Waals surface area contributed by atoms with Crippen molar-refractivity contribution in [3.05, 3.63) is 59.1 Å². The number of sulfone groups is 2. The number of aromatic nitrogens is 8. The zero-order chi connectivity index (χ0) is 54.3. The molecule has 6 atom stereocenters. The highest BCUT2D eigenvalue weighted by atomic mass is 35.5. The van der Waals surface area contributed by atoms with E-state index in [1.807, 2.05) is 13.8 Å². The van der Waals surface area contributed by atoms with Crippen molar-refractivity contribution in [1.29, 1.82) is 0 Å². The number of amides is 2. The molecule has 0 unspecified atom stereocenters. The van der Waals surface area contributed by atoms with E-state index in [2.05, 4.69) is 71.6 Å². The van der Waals surface area contributed by atoms with Crippen LogP contribution in [0.4, 0.5) is 11.4 Å². The van der Waals surface area contributed by atoms with Crippen molar-refractivity contribution < 1.29 is 54.8 Å². The first kappa shape index (κ1) is 58.7. The molecule has 4 aromatic rings. The molecule has 404 valence electrons. The van der Waals surface area contributed by atoms with Crippen molar-refractivity contribution in [1.82, 2.24) is 61.6 Å². The summed E-state index contributed by atoms with van der Waals surface area (Å²) in [5.41, 5.74) is 10.6. The van der Waals surface area contributed by atoms with Crippen LogP contribution >= 0.6 is 23.2 Å². The predicted octanol–water partition coefficient (Wildman–Crippen LogP) is 3.65. The number of carbonyl (C=O) groups is 2. The highest BCUT2D eigenvalue weighted by Crippen LogP contribution is 2.38. The molecule has 0 spiro atoms. The van der Waals surface area contributed by atoms with Gasteiger partial charge < -0.3 is 28.4 Å². The smallest absolute Gasteiger partial charge is 0.246 e. The molecule has 30 heteroatoms. The average Bonchev–Trinajstić information content (AvgIpc) is 4.34. The van der Waals surface area contributed by atoms with Crippen LogP contribution in [-0.4, -0.2) is 145 Å².